The van der Waals surface area contributed by atoms with Crippen LogP contribution in [0.3, 0.4) is 0 Å². The van der Waals surface area contributed by atoms with E-state index in [1.165, 1.54) is 17.3 Å². The van der Waals surface area contributed by atoms with E-state index in [1.807, 2.05) is 13.0 Å². The SMILES string of the molecule is CCCNC(=O)c1cnc(NCc2cccc(C)c2)cn1. The van der Waals surface area contributed by atoms with Crippen molar-refractivity contribution in [2.75, 3.05) is 11.9 Å². The second-order valence-electron chi connectivity index (χ2n) is 4.89. The molecule has 0 aliphatic heterocycles. The molecule has 0 unspecified atom stereocenters. The third-order valence-corrected chi connectivity index (χ3v) is 2.98. The van der Waals surface area contributed by atoms with Gasteiger partial charge in [-0.3, -0.25) is 4.79 Å². The first kappa shape index (κ1) is 15.0. The molecule has 0 atom stereocenters. The van der Waals surface area contributed by atoms with Crippen LogP contribution in [0.15, 0.2) is 36.7 Å². The van der Waals surface area contributed by atoms with E-state index in [4.69, 9.17) is 0 Å². The zero-order valence-electron chi connectivity index (χ0n) is 12.4. The summed E-state index contributed by atoms with van der Waals surface area (Å²) in [6.07, 6.45) is 3.97. The molecule has 110 valence electrons. The van der Waals surface area contributed by atoms with E-state index in [9.17, 15) is 4.79 Å². The highest BCUT2D eigenvalue weighted by molar-refractivity contribution is 5.91. The standard InChI is InChI=1S/C16H20N4O/c1-3-7-17-16(21)14-10-20-15(11-18-14)19-9-13-6-4-5-12(2)8-13/h4-6,8,10-11H,3,7,9H2,1-2H3,(H,17,21)(H,19,20). The molecule has 0 saturated carbocycles. The average Bonchev–Trinajstić information content (AvgIpc) is 2.51. The average molecular weight is 284 g/mol. The lowest BCUT2D eigenvalue weighted by atomic mass is 10.1. The van der Waals surface area contributed by atoms with Crippen molar-refractivity contribution in [1.29, 1.82) is 0 Å². The Kier molecular flexibility index (Phi) is 5.26. The maximum absolute atomic E-state index is 11.7. The van der Waals surface area contributed by atoms with Crippen molar-refractivity contribution < 1.29 is 4.79 Å². The van der Waals surface area contributed by atoms with Crippen LogP contribution in [-0.2, 0) is 6.54 Å². The van der Waals surface area contributed by atoms with Crippen molar-refractivity contribution in [3.8, 4) is 0 Å². The molecule has 0 spiro atoms. The minimum Gasteiger partial charge on any atom is -0.365 e. The van der Waals surface area contributed by atoms with Crippen molar-refractivity contribution in [2.24, 2.45) is 0 Å². The van der Waals surface area contributed by atoms with Gasteiger partial charge in [0, 0.05) is 13.1 Å². The quantitative estimate of drug-likeness (QED) is 0.855. The van der Waals surface area contributed by atoms with Gasteiger partial charge in [-0.25, -0.2) is 9.97 Å². The lowest BCUT2D eigenvalue weighted by molar-refractivity contribution is 0.0948. The Labute approximate surface area is 124 Å². The summed E-state index contributed by atoms with van der Waals surface area (Å²) in [6.45, 7) is 5.39. The van der Waals surface area contributed by atoms with Crippen LogP contribution in [0.1, 0.15) is 35.0 Å². The number of amides is 1. The van der Waals surface area contributed by atoms with Gasteiger partial charge in [0.1, 0.15) is 11.5 Å². The van der Waals surface area contributed by atoms with Gasteiger partial charge in [0.2, 0.25) is 0 Å². The molecule has 2 rings (SSSR count). The van der Waals surface area contributed by atoms with E-state index in [0.29, 0.717) is 24.6 Å². The first-order valence-electron chi connectivity index (χ1n) is 7.08. The highest BCUT2D eigenvalue weighted by Crippen LogP contribution is 2.07. The predicted molar refractivity (Wildman–Crippen MR) is 83.2 cm³/mol. The molecule has 5 nitrogen and oxygen atoms in total. The molecular weight excluding hydrogens is 264 g/mol. The van der Waals surface area contributed by atoms with Gasteiger partial charge in [-0.15, -0.1) is 0 Å². The predicted octanol–water partition coefficient (Wildman–Crippen LogP) is 2.54. The molecular formula is C16H20N4O. The molecule has 0 aliphatic rings. The first-order chi connectivity index (χ1) is 10.2. The van der Waals surface area contributed by atoms with Crippen LogP contribution in [0, 0.1) is 6.92 Å². The van der Waals surface area contributed by atoms with E-state index in [2.05, 4.69) is 45.7 Å². The second kappa shape index (κ2) is 7.38. The molecule has 1 heterocycles. The minimum absolute atomic E-state index is 0.186. The van der Waals surface area contributed by atoms with Crippen LogP contribution < -0.4 is 10.6 Å². The zero-order chi connectivity index (χ0) is 15.1. The number of hydrogen-bond acceptors (Lipinski definition) is 4. The summed E-state index contributed by atoms with van der Waals surface area (Å²) in [5.41, 5.74) is 2.74. The molecule has 2 N–H and O–H groups in total. The third-order valence-electron chi connectivity index (χ3n) is 2.98. The Hall–Kier alpha value is -2.43. The molecule has 0 radical (unpaired) electrons. The molecule has 5 heteroatoms. The van der Waals surface area contributed by atoms with E-state index in [1.54, 1.807) is 6.20 Å². The number of hydrogen-bond donors (Lipinski definition) is 2. The van der Waals surface area contributed by atoms with Gasteiger partial charge in [0.15, 0.2) is 0 Å². The molecule has 0 fully saturated rings. The van der Waals surface area contributed by atoms with Crippen LogP contribution in [0.2, 0.25) is 0 Å². The summed E-state index contributed by atoms with van der Waals surface area (Å²) in [5.74, 6) is 0.470. The summed E-state index contributed by atoms with van der Waals surface area (Å²) >= 11 is 0. The molecule has 0 saturated heterocycles. The van der Waals surface area contributed by atoms with Gasteiger partial charge < -0.3 is 10.6 Å². The van der Waals surface area contributed by atoms with E-state index < -0.39 is 0 Å². The summed E-state index contributed by atoms with van der Waals surface area (Å²) in [4.78, 5) is 20.0. The largest absolute Gasteiger partial charge is 0.365 e. The van der Waals surface area contributed by atoms with E-state index in [-0.39, 0.29) is 5.91 Å². The van der Waals surface area contributed by atoms with Crippen LogP contribution in [0.5, 0.6) is 0 Å². The summed E-state index contributed by atoms with van der Waals surface area (Å²) in [7, 11) is 0. The third kappa shape index (κ3) is 4.56. The molecule has 1 aromatic heterocycles. The fourth-order valence-corrected chi connectivity index (χ4v) is 1.88. The van der Waals surface area contributed by atoms with Gasteiger partial charge in [-0.2, -0.15) is 0 Å². The fraction of sp³-hybridized carbons (Fsp3) is 0.312. The molecule has 1 amide bonds. The number of benzene rings is 1. The Morgan fingerprint density at radius 1 is 1.24 bits per heavy atom. The van der Waals surface area contributed by atoms with Crippen LogP contribution in [-0.4, -0.2) is 22.4 Å². The maximum Gasteiger partial charge on any atom is 0.271 e. The smallest absolute Gasteiger partial charge is 0.271 e. The summed E-state index contributed by atoms with van der Waals surface area (Å²) < 4.78 is 0. The monoisotopic (exact) mass is 284 g/mol. The number of nitrogens with zero attached hydrogens (tertiary/aromatic N) is 2. The van der Waals surface area contributed by atoms with Gasteiger partial charge in [-0.05, 0) is 18.9 Å². The molecule has 2 aromatic rings. The lowest BCUT2D eigenvalue weighted by Gasteiger charge is -2.07. The van der Waals surface area contributed by atoms with Crippen LogP contribution in [0.25, 0.3) is 0 Å². The Morgan fingerprint density at radius 3 is 2.76 bits per heavy atom. The van der Waals surface area contributed by atoms with Gasteiger partial charge in [0.05, 0.1) is 12.4 Å². The Morgan fingerprint density at radius 2 is 2.10 bits per heavy atom. The number of aromatic nitrogens is 2. The van der Waals surface area contributed by atoms with Crippen LogP contribution in [0.4, 0.5) is 5.82 Å². The number of aryl methyl sites for hydroxylation is 1. The van der Waals surface area contributed by atoms with Gasteiger partial charge in [0.25, 0.3) is 5.91 Å². The van der Waals surface area contributed by atoms with E-state index in [0.717, 1.165) is 6.42 Å². The number of rotatable bonds is 6. The summed E-state index contributed by atoms with van der Waals surface area (Å²) in [5, 5.41) is 5.96. The van der Waals surface area contributed by atoms with Crippen molar-refractivity contribution in [3.05, 3.63) is 53.5 Å². The van der Waals surface area contributed by atoms with Gasteiger partial charge in [-0.1, -0.05) is 36.8 Å². The topological polar surface area (TPSA) is 66.9 Å². The lowest BCUT2D eigenvalue weighted by Crippen LogP contribution is -2.25. The van der Waals surface area contributed by atoms with E-state index >= 15 is 0 Å². The number of anilines is 1. The van der Waals surface area contributed by atoms with Crippen molar-refractivity contribution in [1.82, 2.24) is 15.3 Å². The highest BCUT2D eigenvalue weighted by atomic mass is 16.1. The number of nitrogens with one attached hydrogen (secondary N) is 2. The normalized spacial score (nSPS) is 10.2. The molecule has 1 aromatic carbocycles. The van der Waals surface area contributed by atoms with Crippen LogP contribution >= 0.6 is 0 Å². The summed E-state index contributed by atoms with van der Waals surface area (Å²) in [6, 6.07) is 8.26. The first-order valence-corrected chi connectivity index (χ1v) is 7.08. The molecule has 0 bridgehead atoms. The molecule has 0 aliphatic carbocycles. The Bertz CT molecular complexity index is 595. The van der Waals surface area contributed by atoms with Crippen molar-refractivity contribution >= 4 is 11.7 Å². The second-order valence-corrected chi connectivity index (χ2v) is 4.89. The Balaban J connectivity index is 1.92. The fourth-order valence-electron chi connectivity index (χ4n) is 1.88. The maximum atomic E-state index is 11.7. The number of carbonyl (C=O) groups is 1. The minimum atomic E-state index is -0.186. The van der Waals surface area contributed by atoms with Crippen molar-refractivity contribution in [3.63, 3.8) is 0 Å². The molecule has 21 heavy (non-hydrogen) atoms. The van der Waals surface area contributed by atoms with Crippen molar-refractivity contribution in [2.45, 2.75) is 26.8 Å². The highest BCUT2D eigenvalue weighted by Gasteiger charge is 2.06. The van der Waals surface area contributed by atoms with Gasteiger partial charge >= 0.3 is 0 Å². The zero-order valence-corrected chi connectivity index (χ0v) is 12.4. The number of carbonyl (C=O) groups excluding carboxylic acids is 1.